The molecule has 0 aliphatic rings. The lowest BCUT2D eigenvalue weighted by Crippen LogP contribution is -2.34. The van der Waals surface area contributed by atoms with Gasteiger partial charge in [0.1, 0.15) is 16.8 Å². The number of amides is 1. The molecule has 0 saturated heterocycles. The van der Waals surface area contributed by atoms with Crippen LogP contribution < -0.4 is 16.4 Å². The number of nitrogens with zero attached hydrogens (tertiary/aromatic N) is 4. The maximum atomic E-state index is 12.8. The molecule has 0 bridgehead atoms. The second-order valence-corrected chi connectivity index (χ2v) is 5.01. The summed E-state index contributed by atoms with van der Waals surface area (Å²) in [5, 5.41) is 2.98. The largest absolute Gasteiger partial charge is 0.355 e. The molecule has 7 heteroatoms. The van der Waals surface area contributed by atoms with Crippen LogP contribution >= 0.6 is 0 Å². The molecule has 3 rings (SSSR count). The molecule has 1 N–H and O–H groups in total. The number of rotatable bonds is 2. The van der Waals surface area contributed by atoms with Gasteiger partial charge in [0, 0.05) is 26.8 Å². The zero-order valence-corrected chi connectivity index (χ0v) is 13.2. The summed E-state index contributed by atoms with van der Waals surface area (Å²) in [5.74, 6) is -0.285. The standard InChI is InChI=1S/C16H17N5O2/c1-4-20-13(17-2)10(15(22)18-3)9-11-14(20)19-12-7-5-6-8-21(12)16(11)23/h5-9H,4H2,1-3H3,(H,18,22)/b17-13+. The van der Waals surface area contributed by atoms with Crippen molar-refractivity contribution in [3.8, 4) is 0 Å². The van der Waals surface area contributed by atoms with Gasteiger partial charge < -0.3 is 9.88 Å². The smallest absolute Gasteiger partial charge is 0.267 e. The number of carbonyl (C=O) groups excluding carboxylic acids is 1. The Bertz CT molecular complexity index is 1050. The van der Waals surface area contributed by atoms with E-state index in [-0.39, 0.29) is 11.5 Å². The minimum Gasteiger partial charge on any atom is -0.355 e. The van der Waals surface area contributed by atoms with Crippen molar-refractivity contribution >= 4 is 22.6 Å². The first-order chi connectivity index (χ1) is 11.1. The minimum atomic E-state index is -0.285. The van der Waals surface area contributed by atoms with Gasteiger partial charge in [0.25, 0.3) is 11.5 Å². The van der Waals surface area contributed by atoms with Gasteiger partial charge in [0.2, 0.25) is 0 Å². The van der Waals surface area contributed by atoms with Crippen LogP contribution in [0.4, 0.5) is 0 Å². The fraction of sp³-hybridized carbons (Fsp3) is 0.250. The number of fused-ring (bicyclic) bond motifs is 2. The molecule has 0 unspecified atom stereocenters. The van der Waals surface area contributed by atoms with Crippen molar-refractivity contribution in [2.24, 2.45) is 4.99 Å². The van der Waals surface area contributed by atoms with Crippen molar-refractivity contribution in [1.29, 1.82) is 0 Å². The highest BCUT2D eigenvalue weighted by molar-refractivity contribution is 5.96. The van der Waals surface area contributed by atoms with Gasteiger partial charge in [0.15, 0.2) is 0 Å². The molecule has 0 aromatic carbocycles. The van der Waals surface area contributed by atoms with Gasteiger partial charge in [-0.25, -0.2) is 4.98 Å². The molecule has 0 atom stereocenters. The lowest BCUT2D eigenvalue weighted by atomic mass is 10.2. The predicted molar refractivity (Wildman–Crippen MR) is 87.5 cm³/mol. The molecule has 3 aromatic rings. The molecule has 7 nitrogen and oxygen atoms in total. The fourth-order valence-electron chi connectivity index (χ4n) is 2.72. The summed E-state index contributed by atoms with van der Waals surface area (Å²) in [6.07, 6.45) is 1.66. The summed E-state index contributed by atoms with van der Waals surface area (Å²) < 4.78 is 3.26. The first kappa shape index (κ1) is 15.0. The predicted octanol–water partition coefficient (Wildman–Crippen LogP) is 0.559. The van der Waals surface area contributed by atoms with Crippen LogP contribution in [0.15, 0.2) is 40.2 Å². The molecule has 0 radical (unpaired) electrons. The Morgan fingerprint density at radius 1 is 1.39 bits per heavy atom. The van der Waals surface area contributed by atoms with Gasteiger partial charge in [0.05, 0.1) is 10.9 Å². The second-order valence-electron chi connectivity index (χ2n) is 5.01. The quantitative estimate of drug-likeness (QED) is 0.702. The summed E-state index contributed by atoms with van der Waals surface area (Å²) in [6.45, 7) is 2.47. The Hall–Kier alpha value is -2.96. The first-order valence-electron chi connectivity index (χ1n) is 7.32. The molecule has 118 valence electrons. The van der Waals surface area contributed by atoms with Gasteiger partial charge in [-0.05, 0) is 25.1 Å². The van der Waals surface area contributed by atoms with E-state index in [1.165, 1.54) is 4.40 Å². The highest BCUT2D eigenvalue weighted by Crippen LogP contribution is 2.10. The summed E-state index contributed by atoms with van der Waals surface area (Å²) in [7, 11) is 3.17. The van der Waals surface area contributed by atoms with Crippen molar-refractivity contribution in [2.75, 3.05) is 14.1 Å². The van der Waals surface area contributed by atoms with Gasteiger partial charge >= 0.3 is 0 Å². The monoisotopic (exact) mass is 311 g/mol. The van der Waals surface area contributed by atoms with E-state index in [0.29, 0.717) is 34.3 Å². The molecule has 23 heavy (non-hydrogen) atoms. The summed E-state index contributed by atoms with van der Waals surface area (Å²) in [5.41, 5.74) is 1.74. The number of hydrogen-bond donors (Lipinski definition) is 1. The maximum absolute atomic E-state index is 12.8. The highest BCUT2D eigenvalue weighted by Gasteiger charge is 2.16. The Labute approximate surface area is 131 Å². The molecule has 0 aliphatic heterocycles. The molecule has 0 fully saturated rings. The van der Waals surface area contributed by atoms with Crippen LogP contribution in [0.25, 0.3) is 16.7 Å². The van der Waals surface area contributed by atoms with Crippen LogP contribution in [0.1, 0.15) is 17.3 Å². The van der Waals surface area contributed by atoms with E-state index in [2.05, 4.69) is 15.3 Å². The van der Waals surface area contributed by atoms with Gasteiger partial charge in [-0.2, -0.15) is 0 Å². The summed E-state index contributed by atoms with van der Waals surface area (Å²) >= 11 is 0. The third kappa shape index (κ3) is 2.21. The molecular formula is C16H17N5O2. The van der Waals surface area contributed by atoms with E-state index in [1.54, 1.807) is 43.1 Å². The number of hydrogen-bond acceptors (Lipinski definition) is 4. The third-order valence-electron chi connectivity index (χ3n) is 3.79. The van der Waals surface area contributed by atoms with E-state index < -0.39 is 0 Å². The zero-order chi connectivity index (χ0) is 16.6. The lowest BCUT2D eigenvalue weighted by Gasteiger charge is -2.13. The van der Waals surface area contributed by atoms with E-state index in [9.17, 15) is 9.59 Å². The van der Waals surface area contributed by atoms with Crippen LogP contribution in [0.2, 0.25) is 0 Å². The SMILES string of the molecule is CCn1/c(=N/C)c(C(=O)NC)cc2c(=O)n3ccccc3nc21. The van der Waals surface area contributed by atoms with Gasteiger partial charge in [-0.15, -0.1) is 0 Å². The Balaban J connectivity index is 2.60. The van der Waals surface area contributed by atoms with Crippen molar-refractivity contribution in [3.05, 3.63) is 51.9 Å². The van der Waals surface area contributed by atoms with Gasteiger partial charge in [-0.1, -0.05) is 6.07 Å². The number of aromatic nitrogens is 3. The van der Waals surface area contributed by atoms with Crippen LogP contribution in [-0.2, 0) is 6.54 Å². The highest BCUT2D eigenvalue weighted by atomic mass is 16.1. The van der Waals surface area contributed by atoms with Crippen LogP contribution in [0.3, 0.4) is 0 Å². The van der Waals surface area contributed by atoms with Crippen LogP contribution in [0, 0.1) is 0 Å². The van der Waals surface area contributed by atoms with E-state index in [4.69, 9.17) is 0 Å². The number of pyridine rings is 2. The third-order valence-corrected chi connectivity index (χ3v) is 3.79. The number of carbonyl (C=O) groups is 1. The van der Waals surface area contributed by atoms with Crippen molar-refractivity contribution < 1.29 is 4.79 Å². The fourth-order valence-corrected chi connectivity index (χ4v) is 2.72. The van der Waals surface area contributed by atoms with Gasteiger partial charge in [-0.3, -0.25) is 19.0 Å². The van der Waals surface area contributed by atoms with E-state index in [1.807, 2.05) is 13.0 Å². The van der Waals surface area contributed by atoms with E-state index in [0.717, 1.165) is 0 Å². The average molecular weight is 311 g/mol. The van der Waals surface area contributed by atoms with Crippen molar-refractivity contribution in [2.45, 2.75) is 13.5 Å². The van der Waals surface area contributed by atoms with Crippen molar-refractivity contribution in [3.63, 3.8) is 0 Å². The molecular weight excluding hydrogens is 294 g/mol. The minimum absolute atomic E-state index is 0.208. The second kappa shape index (κ2) is 5.68. The molecule has 3 heterocycles. The molecule has 1 amide bonds. The normalized spacial score (nSPS) is 12.0. The Morgan fingerprint density at radius 2 is 2.17 bits per heavy atom. The Kier molecular flexibility index (Phi) is 3.69. The molecule has 3 aromatic heterocycles. The Morgan fingerprint density at radius 3 is 2.83 bits per heavy atom. The maximum Gasteiger partial charge on any atom is 0.267 e. The molecule has 0 saturated carbocycles. The number of aryl methyl sites for hydroxylation is 1. The summed E-state index contributed by atoms with van der Waals surface area (Å²) in [6, 6.07) is 6.94. The zero-order valence-electron chi connectivity index (χ0n) is 13.2. The first-order valence-corrected chi connectivity index (χ1v) is 7.32. The van der Waals surface area contributed by atoms with Crippen LogP contribution in [0.5, 0.6) is 0 Å². The molecule has 0 aliphatic carbocycles. The summed E-state index contributed by atoms with van der Waals surface area (Å²) in [4.78, 5) is 33.7. The topological polar surface area (TPSA) is 80.8 Å². The molecule has 0 spiro atoms. The van der Waals surface area contributed by atoms with Crippen LogP contribution in [-0.4, -0.2) is 34.0 Å². The number of nitrogens with one attached hydrogen (secondary N) is 1. The average Bonchev–Trinajstić information content (AvgIpc) is 2.59. The van der Waals surface area contributed by atoms with Crippen molar-refractivity contribution in [1.82, 2.24) is 19.3 Å². The lowest BCUT2D eigenvalue weighted by molar-refractivity contribution is 0.0961. The van der Waals surface area contributed by atoms with E-state index >= 15 is 0 Å².